The molecule has 1 rings (SSSR count). The maximum absolute atomic E-state index is 11.1. The third kappa shape index (κ3) is 7.00. The van der Waals surface area contributed by atoms with Gasteiger partial charge in [0.15, 0.2) is 0 Å². The molecule has 0 aliphatic heterocycles. The minimum Gasteiger partial charge on any atom is -0.466 e. The van der Waals surface area contributed by atoms with Crippen molar-refractivity contribution >= 4 is 5.97 Å². The Morgan fingerprint density at radius 2 is 1.89 bits per heavy atom. The van der Waals surface area contributed by atoms with Gasteiger partial charge in [0.2, 0.25) is 0 Å². The smallest absolute Gasteiger partial charge is 0.305 e. The van der Waals surface area contributed by atoms with Crippen LogP contribution in [0.25, 0.3) is 0 Å². The van der Waals surface area contributed by atoms with Crippen LogP contribution in [-0.2, 0) is 9.53 Å². The van der Waals surface area contributed by atoms with Crippen LogP contribution >= 0.6 is 0 Å². The fraction of sp³-hybridized carbons (Fsp3) is 0.933. The Labute approximate surface area is 112 Å². The molecule has 1 fully saturated rings. The summed E-state index contributed by atoms with van der Waals surface area (Å²) in [6, 6.07) is 0.742. The summed E-state index contributed by atoms with van der Waals surface area (Å²) in [4.78, 5) is 11.1. The Balaban J connectivity index is 1.88. The first-order valence-corrected chi connectivity index (χ1v) is 7.61. The molecule has 0 spiro atoms. The van der Waals surface area contributed by atoms with E-state index in [0.717, 1.165) is 31.3 Å². The summed E-state index contributed by atoms with van der Waals surface area (Å²) in [6.07, 6.45) is 9.26. The van der Waals surface area contributed by atoms with Crippen LogP contribution in [0.3, 0.4) is 0 Å². The zero-order valence-corrected chi connectivity index (χ0v) is 12.0. The van der Waals surface area contributed by atoms with E-state index in [1.807, 2.05) is 6.92 Å². The van der Waals surface area contributed by atoms with Crippen LogP contribution in [0, 0.1) is 5.92 Å². The number of esters is 1. The molecule has 0 aromatic carbocycles. The molecule has 3 nitrogen and oxygen atoms in total. The zero-order chi connectivity index (χ0) is 13.2. The molecule has 0 heterocycles. The Kier molecular flexibility index (Phi) is 8.06. The monoisotopic (exact) mass is 255 g/mol. The predicted octanol–water partition coefficient (Wildman–Crippen LogP) is 3.28. The third-order valence-corrected chi connectivity index (χ3v) is 3.81. The van der Waals surface area contributed by atoms with Gasteiger partial charge >= 0.3 is 5.97 Å². The molecule has 106 valence electrons. The molecular weight excluding hydrogens is 226 g/mol. The van der Waals surface area contributed by atoms with Gasteiger partial charge in [-0.3, -0.25) is 4.79 Å². The van der Waals surface area contributed by atoms with Crippen LogP contribution in [-0.4, -0.2) is 25.2 Å². The number of unbranched alkanes of at least 4 members (excludes halogenated alkanes) is 2. The lowest BCUT2D eigenvalue weighted by Crippen LogP contribution is -2.33. The van der Waals surface area contributed by atoms with Crippen LogP contribution < -0.4 is 5.32 Å². The summed E-state index contributed by atoms with van der Waals surface area (Å²) in [6.45, 7) is 5.81. The van der Waals surface area contributed by atoms with Gasteiger partial charge in [-0.1, -0.05) is 13.3 Å². The number of hydrogen-bond acceptors (Lipinski definition) is 3. The molecule has 0 atom stereocenters. The summed E-state index contributed by atoms with van der Waals surface area (Å²) in [5.41, 5.74) is 0. The molecular formula is C15H29NO2. The molecule has 0 saturated heterocycles. The fourth-order valence-corrected chi connectivity index (χ4v) is 2.57. The topological polar surface area (TPSA) is 38.3 Å². The van der Waals surface area contributed by atoms with E-state index in [1.54, 1.807) is 0 Å². The van der Waals surface area contributed by atoms with Crippen molar-refractivity contribution in [3.8, 4) is 0 Å². The number of carbonyl (C=O) groups excluding carboxylic acids is 1. The second-order valence-corrected chi connectivity index (χ2v) is 5.53. The zero-order valence-electron chi connectivity index (χ0n) is 12.0. The molecule has 1 aliphatic rings. The molecule has 3 heteroatoms. The summed E-state index contributed by atoms with van der Waals surface area (Å²) in [5, 5.41) is 3.64. The molecule has 0 bridgehead atoms. The maximum Gasteiger partial charge on any atom is 0.305 e. The van der Waals surface area contributed by atoms with E-state index >= 15 is 0 Å². The van der Waals surface area contributed by atoms with Gasteiger partial charge in [0, 0.05) is 12.5 Å². The molecule has 0 aromatic rings. The van der Waals surface area contributed by atoms with Crippen LogP contribution in [0.4, 0.5) is 0 Å². The van der Waals surface area contributed by atoms with Crippen LogP contribution in [0.1, 0.15) is 65.2 Å². The van der Waals surface area contributed by atoms with E-state index in [2.05, 4.69) is 12.2 Å². The molecule has 0 aromatic heterocycles. The molecule has 1 saturated carbocycles. The highest BCUT2D eigenvalue weighted by Gasteiger charge is 2.16. The van der Waals surface area contributed by atoms with E-state index in [9.17, 15) is 4.79 Å². The van der Waals surface area contributed by atoms with Crippen LogP contribution in [0.5, 0.6) is 0 Å². The number of rotatable bonds is 8. The van der Waals surface area contributed by atoms with Crippen molar-refractivity contribution in [2.24, 2.45) is 5.92 Å². The van der Waals surface area contributed by atoms with Gasteiger partial charge in [0.1, 0.15) is 0 Å². The Morgan fingerprint density at radius 3 is 2.56 bits per heavy atom. The van der Waals surface area contributed by atoms with Gasteiger partial charge in [0.05, 0.1) is 6.61 Å². The van der Waals surface area contributed by atoms with Gasteiger partial charge in [-0.25, -0.2) is 0 Å². The lowest BCUT2D eigenvalue weighted by Gasteiger charge is -2.27. The van der Waals surface area contributed by atoms with E-state index in [4.69, 9.17) is 4.74 Å². The maximum atomic E-state index is 11.1. The largest absolute Gasteiger partial charge is 0.466 e. The summed E-state index contributed by atoms with van der Waals surface area (Å²) in [5.74, 6) is 0.874. The quantitative estimate of drug-likeness (QED) is 0.534. The van der Waals surface area contributed by atoms with Gasteiger partial charge in [-0.15, -0.1) is 0 Å². The van der Waals surface area contributed by atoms with E-state index < -0.39 is 0 Å². The van der Waals surface area contributed by atoms with Gasteiger partial charge < -0.3 is 10.1 Å². The van der Waals surface area contributed by atoms with Gasteiger partial charge in [0.25, 0.3) is 0 Å². The highest BCUT2D eigenvalue weighted by molar-refractivity contribution is 5.69. The van der Waals surface area contributed by atoms with Crippen molar-refractivity contribution < 1.29 is 9.53 Å². The number of carbonyl (C=O) groups is 1. The SMILES string of the molecule is CCOC(=O)CCCCCNC1CCC(C)CC1. The molecule has 1 aliphatic carbocycles. The second kappa shape index (κ2) is 9.37. The fourth-order valence-electron chi connectivity index (χ4n) is 2.57. The summed E-state index contributed by atoms with van der Waals surface area (Å²) >= 11 is 0. The van der Waals surface area contributed by atoms with E-state index in [1.165, 1.54) is 32.1 Å². The number of hydrogen-bond donors (Lipinski definition) is 1. The van der Waals surface area contributed by atoms with Crippen molar-refractivity contribution in [2.75, 3.05) is 13.2 Å². The third-order valence-electron chi connectivity index (χ3n) is 3.81. The Bertz CT molecular complexity index is 223. The molecule has 1 N–H and O–H groups in total. The highest BCUT2D eigenvalue weighted by atomic mass is 16.5. The molecule has 0 unspecified atom stereocenters. The summed E-state index contributed by atoms with van der Waals surface area (Å²) < 4.78 is 4.90. The first kappa shape index (κ1) is 15.5. The Hall–Kier alpha value is -0.570. The van der Waals surface area contributed by atoms with Crippen molar-refractivity contribution in [3.63, 3.8) is 0 Å². The first-order chi connectivity index (χ1) is 8.72. The lowest BCUT2D eigenvalue weighted by molar-refractivity contribution is -0.143. The lowest BCUT2D eigenvalue weighted by atomic mass is 9.87. The van der Waals surface area contributed by atoms with Crippen molar-refractivity contribution in [1.29, 1.82) is 0 Å². The highest BCUT2D eigenvalue weighted by Crippen LogP contribution is 2.23. The first-order valence-electron chi connectivity index (χ1n) is 7.61. The van der Waals surface area contributed by atoms with Crippen molar-refractivity contribution in [1.82, 2.24) is 5.32 Å². The number of nitrogens with one attached hydrogen (secondary N) is 1. The normalized spacial score (nSPS) is 23.9. The average molecular weight is 255 g/mol. The Morgan fingerprint density at radius 1 is 1.17 bits per heavy atom. The molecule has 18 heavy (non-hydrogen) atoms. The summed E-state index contributed by atoms with van der Waals surface area (Å²) in [7, 11) is 0. The van der Waals surface area contributed by atoms with Gasteiger partial charge in [-0.05, 0) is 57.9 Å². The second-order valence-electron chi connectivity index (χ2n) is 5.53. The van der Waals surface area contributed by atoms with Crippen molar-refractivity contribution in [2.45, 2.75) is 71.3 Å². The minimum absolute atomic E-state index is 0.0493. The molecule has 0 radical (unpaired) electrons. The number of ether oxygens (including phenoxy) is 1. The van der Waals surface area contributed by atoms with Crippen LogP contribution in [0.2, 0.25) is 0 Å². The van der Waals surface area contributed by atoms with Gasteiger partial charge in [-0.2, -0.15) is 0 Å². The van der Waals surface area contributed by atoms with E-state index in [0.29, 0.717) is 13.0 Å². The van der Waals surface area contributed by atoms with Crippen LogP contribution in [0.15, 0.2) is 0 Å². The average Bonchev–Trinajstić information content (AvgIpc) is 2.36. The minimum atomic E-state index is -0.0493. The molecule has 0 amide bonds. The van der Waals surface area contributed by atoms with Crippen molar-refractivity contribution in [3.05, 3.63) is 0 Å². The predicted molar refractivity (Wildman–Crippen MR) is 74.5 cm³/mol. The van der Waals surface area contributed by atoms with E-state index in [-0.39, 0.29) is 5.97 Å². The standard InChI is InChI=1S/C15H29NO2/c1-3-18-15(17)7-5-4-6-12-16-14-10-8-13(2)9-11-14/h13-14,16H,3-12H2,1-2H3.